The monoisotopic (exact) mass is 138 g/mol. The number of aromatic nitrogens is 2. The SMILES string of the molecule is ON/C=N/c1cnccn1. The number of hydrogen-bond acceptors (Lipinski definition) is 4. The molecule has 1 aromatic rings. The Kier molecular flexibility index (Phi) is 2.33. The van der Waals surface area contributed by atoms with Gasteiger partial charge in [0.05, 0.1) is 6.20 Å². The molecule has 1 aromatic heterocycles. The van der Waals surface area contributed by atoms with Gasteiger partial charge in [0.25, 0.3) is 0 Å². The van der Waals surface area contributed by atoms with Crippen molar-refractivity contribution in [1.82, 2.24) is 15.4 Å². The lowest BCUT2D eigenvalue weighted by Gasteiger charge is -1.87. The molecule has 1 rings (SSSR count). The molecular formula is C5H6N4O. The van der Waals surface area contributed by atoms with Gasteiger partial charge in [0, 0.05) is 12.4 Å². The van der Waals surface area contributed by atoms with Crippen LogP contribution in [0.1, 0.15) is 0 Å². The topological polar surface area (TPSA) is 70.4 Å². The molecule has 0 aliphatic carbocycles. The minimum absolute atomic E-state index is 0.448. The summed E-state index contributed by atoms with van der Waals surface area (Å²) in [6.07, 6.45) is 5.66. The quantitative estimate of drug-likeness (QED) is 0.346. The van der Waals surface area contributed by atoms with E-state index in [9.17, 15) is 0 Å². The van der Waals surface area contributed by atoms with E-state index in [-0.39, 0.29) is 0 Å². The second-order valence-corrected chi connectivity index (χ2v) is 1.45. The van der Waals surface area contributed by atoms with Gasteiger partial charge in [-0.05, 0) is 0 Å². The van der Waals surface area contributed by atoms with Gasteiger partial charge in [0.15, 0.2) is 5.82 Å². The van der Waals surface area contributed by atoms with E-state index in [0.29, 0.717) is 5.82 Å². The van der Waals surface area contributed by atoms with Gasteiger partial charge in [0.2, 0.25) is 0 Å². The average Bonchev–Trinajstić information content (AvgIpc) is 2.03. The van der Waals surface area contributed by atoms with E-state index in [1.807, 2.05) is 0 Å². The van der Waals surface area contributed by atoms with Crippen molar-refractivity contribution in [3.05, 3.63) is 18.6 Å². The molecule has 0 fully saturated rings. The fourth-order valence-corrected chi connectivity index (χ4v) is 0.453. The molecule has 0 aromatic carbocycles. The highest BCUT2D eigenvalue weighted by atomic mass is 16.5. The predicted octanol–water partition coefficient (Wildman–Crippen LogP) is 0.115. The van der Waals surface area contributed by atoms with Crippen molar-refractivity contribution in [2.75, 3.05) is 0 Å². The first-order chi connectivity index (χ1) is 4.93. The maximum atomic E-state index is 8.08. The summed E-state index contributed by atoms with van der Waals surface area (Å²) in [6, 6.07) is 0. The van der Waals surface area contributed by atoms with Gasteiger partial charge in [-0.1, -0.05) is 0 Å². The van der Waals surface area contributed by atoms with Crippen LogP contribution < -0.4 is 5.48 Å². The Hall–Kier alpha value is -1.49. The molecule has 0 aliphatic heterocycles. The van der Waals surface area contributed by atoms with E-state index in [1.165, 1.54) is 12.4 Å². The van der Waals surface area contributed by atoms with Gasteiger partial charge in [-0.3, -0.25) is 15.7 Å². The van der Waals surface area contributed by atoms with Crippen molar-refractivity contribution < 1.29 is 5.21 Å². The summed E-state index contributed by atoms with van der Waals surface area (Å²) in [5.74, 6) is 0.448. The molecule has 0 atom stereocenters. The highest BCUT2D eigenvalue weighted by Crippen LogP contribution is 1.99. The fraction of sp³-hybridized carbons (Fsp3) is 0. The van der Waals surface area contributed by atoms with E-state index in [4.69, 9.17) is 5.21 Å². The van der Waals surface area contributed by atoms with Crippen LogP contribution in [0.25, 0.3) is 0 Å². The lowest BCUT2D eigenvalue weighted by Crippen LogP contribution is -2.01. The summed E-state index contributed by atoms with van der Waals surface area (Å²) in [4.78, 5) is 11.2. The zero-order valence-corrected chi connectivity index (χ0v) is 5.10. The smallest absolute Gasteiger partial charge is 0.172 e. The molecule has 0 saturated carbocycles. The third-order valence-electron chi connectivity index (χ3n) is 0.804. The van der Waals surface area contributed by atoms with Crippen LogP contribution in [0.4, 0.5) is 5.82 Å². The van der Waals surface area contributed by atoms with Crippen LogP contribution in [0.15, 0.2) is 23.6 Å². The fourth-order valence-electron chi connectivity index (χ4n) is 0.453. The molecule has 0 amide bonds. The van der Waals surface area contributed by atoms with Gasteiger partial charge in [-0.25, -0.2) is 9.98 Å². The molecule has 1 heterocycles. The molecule has 0 saturated heterocycles. The number of rotatable bonds is 2. The van der Waals surface area contributed by atoms with Gasteiger partial charge < -0.3 is 0 Å². The van der Waals surface area contributed by atoms with E-state index in [1.54, 1.807) is 11.7 Å². The summed E-state index contributed by atoms with van der Waals surface area (Å²) in [5, 5.41) is 8.08. The molecule has 52 valence electrons. The Bertz CT molecular complexity index is 210. The standard InChI is InChI=1S/C5H6N4O/c10-9-4-8-5-3-6-1-2-7-5/h1-4,10H,(H,7,8,9). The Labute approximate surface area is 57.4 Å². The zero-order valence-electron chi connectivity index (χ0n) is 5.10. The molecule has 0 radical (unpaired) electrons. The Morgan fingerprint density at radius 1 is 1.60 bits per heavy atom. The third-order valence-corrected chi connectivity index (χ3v) is 0.804. The Morgan fingerprint density at radius 3 is 3.10 bits per heavy atom. The lowest BCUT2D eigenvalue weighted by molar-refractivity contribution is 0.240. The van der Waals surface area contributed by atoms with Crippen molar-refractivity contribution in [3.63, 3.8) is 0 Å². The molecule has 2 N–H and O–H groups in total. The van der Waals surface area contributed by atoms with Crippen LogP contribution >= 0.6 is 0 Å². The first-order valence-electron chi connectivity index (χ1n) is 2.61. The van der Waals surface area contributed by atoms with Crippen molar-refractivity contribution >= 4 is 12.2 Å². The molecular weight excluding hydrogens is 132 g/mol. The largest absolute Gasteiger partial charge is 0.290 e. The maximum Gasteiger partial charge on any atom is 0.172 e. The lowest BCUT2D eigenvalue weighted by atomic mass is 10.7. The highest BCUT2D eigenvalue weighted by Gasteiger charge is 1.82. The van der Waals surface area contributed by atoms with Crippen LogP contribution in [0.2, 0.25) is 0 Å². The summed E-state index contributed by atoms with van der Waals surface area (Å²) in [5.41, 5.74) is 1.76. The second kappa shape index (κ2) is 3.52. The van der Waals surface area contributed by atoms with E-state index in [0.717, 1.165) is 6.34 Å². The first-order valence-corrected chi connectivity index (χ1v) is 2.61. The molecule has 0 bridgehead atoms. The summed E-state index contributed by atoms with van der Waals surface area (Å²) in [6.45, 7) is 0. The van der Waals surface area contributed by atoms with Crippen LogP contribution in [-0.2, 0) is 0 Å². The number of nitrogens with one attached hydrogen (secondary N) is 1. The minimum Gasteiger partial charge on any atom is -0.290 e. The molecule has 0 unspecified atom stereocenters. The van der Waals surface area contributed by atoms with Gasteiger partial charge in [-0.2, -0.15) is 0 Å². The molecule has 10 heavy (non-hydrogen) atoms. The Balaban J connectivity index is 2.67. The molecule has 5 heteroatoms. The number of nitrogens with zero attached hydrogens (tertiary/aromatic N) is 3. The van der Waals surface area contributed by atoms with Crippen LogP contribution in [-0.4, -0.2) is 21.5 Å². The molecule has 5 nitrogen and oxygen atoms in total. The summed E-state index contributed by atoms with van der Waals surface area (Å²) >= 11 is 0. The predicted molar refractivity (Wildman–Crippen MR) is 35.1 cm³/mol. The van der Waals surface area contributed by atoms with E-state index in [2.05, 4.69) is 15.0 Å². The maximum absolute atomic E-state index is 8.08. The van der Waals surface area contributed by atoms with Crippen molar-refractivity contribution in [1.29, 1.82) is 0 Å². The number of hydroxylamine groups is 1. The van der Waals surface area contributed by atoms with Gasteiger partial charge >= 0.3 is 0 Å². The average molecular weight is 138 g/mol. The van der Waals surface area contributed by atoms with Crippen LogP contribution in [0, 0.1) is 0 Å². The van der Waals surface area contributed by atoms with Crippen LogP contribution in [0.5, 0.6) is 0 Å². The first kappa shape index (κ1) is 6.63. The zero-order chi connectivity index (χ0) is 7.23. The Morgan fingerprint density at radius 2 is 2.50 bits per heavy atom. The van der Waals surface area contributed by atoms with Crippen molar-refractivity contribution in [2.24, 2.45) is 4.99 Å². The minimum atomic E-state index is 0.448. The van der Waals surface area contributed by atoms with Crippen molar-refractivity contribution in [3.8, 4) is 0 Å². The molecule has 0 aliphatic rings. The third kappa shape index (κ3) is 1.79. The normalized spacial score (nSPS) is 10.1. The van der Waals surface area contributed by atoms with E-state index < -0.39 is 0 Å². The van der Waals surface area contributed by atoms with Crippen molar-refractivity contribution in [2.45, 2.75) is 0 Å². The van der Waals surface area contributed by atoms with Gasteiger partial charge in [-0.15, -0.1) is 0 Å². The summed E-state index contributed by atoms with van der Waals surface area (Å²) < 4.78 is 0. The molecule has 0 spiro atoms. The summed E-state index contributed by atoms with van der Waals surface area (Å²) in [7, 11) is 0. The number of aliphatic imine (C=N–C) groups is 1. The van der Waals surface area contributed by atoms with E-state index >= 15 is 0 Å². The number of hydrogen-bond donors (Lipinski definition) is 2. The van der Waals surface area contributed by atoms with Gasteiger partial charge in [0.1, 0.15) is 6.34 Å². The van der Waals surface area contributed by atoms with Crippen LogP contribution in [0.3, 0.4) is 0 Å². The second-order valence-electron chi connectivity index (χ2n) is 1.45. The highest BCUT2D eigenvalue weighted by molar-refractivity contribution is 5.57.